The Labute approximate surface area is 164 Å². The SMILES string of the molecule is CSc1ccc(C(=O)NC(CN2CCCC2=O)c2cccc(C(F)(F)F)c2)o1. The quantitative estimate of drug-likeness (QED) is 0.726. The van der Waals surface area contributed by atoms with E-state index in [9.17, 15) is 22.8 Å². The zero-order valence-corrected chi connectivity index (χ0v) is 15.9. The molecule has 5 nitrogen and oxygen atoms in total. The molecule has 28 heavy (non-hydrogen) atoms. The molecule has 1 aliphatic heterocycles. The van der Waals surface area contributed by atoms with Gasteiger partial charge in [-0.1, -0.05) is 23.9 Å². The van der Waals surface area contributed by atoms with Crippen LogP contribution < -0.4 is 5.32 Å². The predicted molar refractivity (Wildman–Crippen MR) is 98.0 cm³/mol. The molecule has 0 saturated carbocycles. The van der Waals surface area contributed by atoms with Crippen LogP contribution in [0.1, 0.15) is 40.6 Å². The number of carbonyl (C=O) groups excluding carboxylic acids is 2. The fraction of sp³-hybridized carbons (Fsp3) is 0.368. The summed E-state index contributed by atoms with van der Waals surface area (Å²) in [5.74, 6) is -0.558. The molecule has 1 N–H and O–H groups in total. The highest BCUT2D eigenvalue weighted by Crippen LogP contribution is 2.31. The van der Waals surface area contributed by atoms with Crippen molar-refractivity contribution in [1.29, 1.82) is 0 Å². The third-order valence-corrected chi connectivity index (χ3v) is 5.12. The molecule has 1 fully saturated rings. The second-order valence-electron chi connectivity index (χ2n) is 6.42. The Morgan fingerprint density at radius 1 is 1.32 bits per heavy atom. The second kappa shape index (κ2) is 8.30. The van der Waals surface area contributed by atoms with E-state index in [0.29, 0.717) is 24.5 Å². The average molecular weight is 412 g/mol. The number of carbonyl (C=O) groups is 2. The largest absolute Gasteiger partial charge is 0.445 e. The summed E-state index contributed by atoms with van der Waals surface area (Å²) in [6.45, 7) is 0.615. The molecule has 1 aliphatic rings. The van der Waals surface area contributed by atoms with Gasteiger partial charge in [0.05, 0.1) is 11.6 Å². The number of hydrogen-bond donors (Lipinski definition) is 1. The number of alkyl halides is 3. The molecule has 150 valence electrons. The van der Waals surface area contributed by atoms with Crippen LogP contribution in [0.25, 0.3) is 0 Å². The van der Waals surface area contributed by atoms with Crippen molar-refractivity contribution in [2.24, 2.45) is 0 Å². The minimum Gasteiger partial charge on any atom is -0.445 e. The number of amides is 2. The van der Waals surface area contributed by atoms with Crippen molar-refractivity contribution in [2.75, 3.05) is 19.3 Å². The molecule has 0 radical (unpaired) electrons. The number of halogens is 3. The smallest absolute Gasteiger partial charge is 0.416 e. The number of hydrogen-bond acceptors (Lipinski definition) is 4. The van der Waals surface area contributed by atoms with Crippen LogP contribution in [0.3, 0.4) is 0 Å². The third-order valence-electron chi connectivity index (χ3n) is 4.50. The van der Waals surface area contributed by atoms with Crippen LogP contribution in [0.2, 0.25) is 0 Å². The third kappa shape index (κ3) is 4.70. The van der Waals surface area contributed by atoms with Crippen molar-refractivity contribution in [3.8, 4) is 0 Å². The molecule has 2 amide bonds. The summed E-state index contributed by atoms with van der Waals surface area (Å²) in [6, 6.07) is 7.13. The minimum atomic E-state index is -4.50. The van der Waals surface area contributed by atoms with Crippen molar-refractivity contribution in [3.63, 3.8) is 0 Å². The van der Waals surface area contributed by atoms with E-state index in [0.717, 1.165) is 12.1 Å². The normalized spacial score (nSPS) is 15.7. The highest BCUT2D eigenvalue weighted by atomic mass is 32.2. The maximum atomic E-state index is 13.1. The van der Waals surface area contributed by atoms with Gasteiger partial charge in [0.1, 0.15) is 0 Å². The van der Waals surface area contributed by atoms with Crippen LogP contribution in [-0.2, 0) is 11.0 Å². The van der Waals surface area contributed by atoms with E-state index >= 15 is 0 Å². The zero-order valence-electron chi connectivity index (χ0n) is 15.1. The lowest BCUT2D eigenvalue weighted by Crippen LogP contribution is -2.38. The molecule has 1 atom stereocenters. The number of likely N-dealkylation sites (tertiary alicyclic amines) is 1. The number of benzene rings is 1. The lowest BCUT2D eigenvalue weighted by molar-refractivity contribution is -0.137. The Bertz CT molecular complexity index is 866. The first-order valence-corrected chi connectivity index (χ1v) is 9.90. The topological polar surface area (TPSA) is 62.6 Å². The van der Waals surface area contributed by atoms with E-state index in [2.05, 4.69) is 5.32 Å². The molecule has 1 saturated heterocycles. The lowest BCUT2D eigenvalue weighted by Gasteiger charge is -2.25. The second-order valence-corrected chi connectivity index (χ2v) is 7.23. The van der Waals surface area contributed by atoms with Gasteiger partial charge < -0.3 is 14.6 Å². The molecule has 9 heteroatoms. The van der Waals surface area contributed by atoms with Crippen LogP contribution in [0.4, 0.5) is 13.2 Å². The summed E-state index contributed by atoms with van der Waals surface area (Å²) >= 11 is 1.33. The van der Waals surface area contributed by atoms with E-state index < -0.39 is 23.7 Å². The summed E-state index contributed by atoms with van der Waals surface area (Å²) in [5.41, 5.74) is -0.529. The lowest BCUT2D eigenvalue weighted by atomic mass is 10.0. The van der Waals surface area contributed by atoms with Gasteiger partial charge in [0.2, 0.25) is 5.91 Å². The van der Waals surface area contributed by atoms with Crippen LogP contribution in [0.5, 0.6) is 0 Å². The molecular weight excluding hydrogens is 393 g/mol. The van der Waals surface area contributed by atoms with Gasteiger partial charge in [-0.25, -0.2) is 0 Å². The Hall–Kier alpha value is -2.42. The van der Waals surface area contributed by atoms with Crippen LogP contribution in [0, 0.1) is 0 Å². The summed E-state index contributed by atoms with van der Waals surface area (Å²) in [6.07, 6.45) is -1.61. The van der Waals surface area contributed by atoms with Crippen molar-refractivity contribution in [1.82, 2.24) is 10.2 Å². The number of nitrogens with zero attached hydrogens (tertiary/aromatic N) is 1. The Morgan fingerprint density at radius 3 is 2.71 bits per heavy atom. The Kier molecular flexibility index (Phi) is 6.02. The van der Waals surface area contributed by atoms with Gasteiger partial charge in [0.25, 0.3) is 5.91 Å². The first kappa shape index (κ1) is 20.3. The fourth-order valence-corrected chi connectivity index (χ4v) is 3.44. The van der Waals surface area contributed by atoms with Crippen molar-refractivity contribution < 1.29 is 27.2 Å². The van der Waals surface area contributed by atoms with Gasteiger partial charge in [0, 0.05) is 19.5 Å². The van der Waals surface area contributed by atoms with Crippen LogP contribution in [-0.4, -0.2) is 36.1 Å². The summed E-state index contributed by atoms with van der Waals surface area (Å²) in [5, 5.41) is 3.26. The first-order valence-electron chi connectivity index (χ1n) is 8.67. The van der Waals surface area contributed by atoms with E-state index in [4.69, 9.17) is 4.42 Å². The molecule has 2 heterocycles. The predicted octanol–water partition coefficient (Wildman–Crippen LogP) is 4.11. The molecule has 0 spiro atoms. The summed E-state index contributed by atoms with van der Waals surface area (Å²) in [7, 11) is 0. The van der Waals surface area contributed by atoms with Gasteiger partial charge in [-0.2, -0.15) is 13.2 Å². The van der Waals surface area contributed by atoms with Crippen molar-refractivity contribution >= 4 is 23.6 Å². The number of thioether (sulfide) groups is 1. The molecule has 2 aromatic rings. The Balaban J connectivity index is 1.86. The Morgan fingerprint density at radius 2 is 2.11 bits per heavy atom. The monoisotopic (exact) mass is 412 g/mol. The summed E-state index contributed by atoms with van der Waals surface area (Å²) in [4.78, 5) is 26.1. The van der Waals surface area contributed by atoms with Gasteiger partial charge in [-0.15, -0.1) is 0 Å². The summed E-state index contributed by atoms with van der Waals surface area (Å²) < 4.78 is 44.7. The molecule has 1 aromatic carbocycles. The average Bonchev–Trinajstić information content (AvgIpc) is 3.30. The number of nitrogens with one attached hydrogen (secondary N) is 1. The van der Waals surface area contributed by atoms with Gasteiger partial charge in [-0.3, -0.25) is 9.59 Å². The van der Waals surface area contributed by atoms with Crippen molar-refractivity contribution in [3.05, 3.63) is 53.3 Å². The highest BCUT2D eigenvalue weighted by molar-refractivity contribution is 7.98. The minimum absolute atomic E-state index is 0.0640. The molecular formula is C19H19F3N2O3S. The van der Waals surface area contributed by atoms with Gasteiger partial charge >= 0.3 is 6.18 Å². The number of furan rings is 1. The van der Waals surface area contributed by atoms with Crippen LogP contribution in [0.15, 0.2) is 45.9 Å². The van der Waals surface area contributed by atoms with E-state index in [1.165, 1.54) is 30.0 Å². The van der Waals surface area contributed by atoms with E-state index in [-0.39, 0.29) is 23.8 Å². The van der Waals surface area contributed by atoms with E-state index in [1.54, 1.807) is 17.2 Å². The maximum absolute atomic E-state index is 13.1. The van der Waals surface area contributed by atoms with Crippen molar-refractivity contribution in [2.45, 2.75) is 30.2 Å². The zero-order chi connectivity index (χ0) is 20.3. The standard InChI is InChI=1S/C19H19F3N2O3S/c1-28-17-8-7-15(27-17)18(26)23-14(11-24-9-3-6-16(24)25)12-4-2-5-13(10-12)19(20,21)22/h2,4-5,7-8,10,14H,3,6,9,11H2,1H3,(H,23,26). The molecule has 0 bridgehead atoms. The van der Waals surface area contributed by atoms with Gasteiger partial charge in [-0.05, 0) is 42.5 Å². The van der Waals surface area contributed by atoms with Gasteiger partial charge in [0.15, 0.2) is 10.9 Å². The first-order chi connectivity index (χ1) is 13.3. The highest BCUT2D eigenvalue weighted by Gasteiger charge is 2.32. The maximum Gasteiger partial charge on any atom is 0.416 e. The molecule has 3 rings (SSSR count). The fourth-order valence-electron chi connectivity index (χ4n) is 3.06. The molecule has 1 unspecified atom stereocenters. The molecule has 1 aromatic heterocycles. The van der Waals surface area contributed by atoms with E-state index in [1.807, 2.05) is 0 Å². The number of rotatable bonds is 6. The molecule has 0 aliphatic carbocycles. The van der Waals surface area contributed by atoms with Crippen LogP contribution >= 0.6 is 11.8 Å².